The van der Waals surface area contributed by atoms with Crippen LogP contribution in [0.2, 0.25) is 5.02 Å². The highest BCUT2D eigenvalue weighted by Crippen LogP contribution is 2.27. The minimum Gasteiger partial charge on any atom is -0.495 e. The lowest BCUT2D eigenvalue weighted by molar-refractivity contribution is -0.862. The van der Waals surface area contributed by atoms with Crippen LogP contribution in [0.3, 0.4) is 0 Å². The predicted molar refractivity (Wildman–Crippen MR) is 95.2 cm³/mol. The van der Waals surface area contributed by atoms with Gasteiger partial charge in [0, 0.05) is 18.2 Å². The Bertz CT molecular complexity index is 606. The molecule has 3 N–H and O–H groups in total. The number of hydrogen-bond donors (Lipinski definition) is 3. The molecule has 8 heteroatoms. The molecule has 0 aromatic heterocycles. The number of quaternary nitrogens is 1. The molecule has 1 heterocycles. The second-order valence-corrected chi connectivity index (χ2v) is 6.58. The van der Waals surface area contributed by atoms with Gasteiger partial charge in [-0.05, 0) is 31.0 Å². The average Bonchev–Trinajstić information content (AvgIpc) is 3.06. The molecule has 2 rings (SSSR count). The molecule has 138 valence electrons. The third kappa shape index (κ3) is 6.53. The van der Waals surface area contributed by atoms with Gasteiger partial charge in [0.2, 0.25) is 0 Å². The highest BCUT2D eigenvalue weighted by Gasteiger charge is 2.19. The molecule has 2 atom stereocenters. The molecule has 25 heavy (non-hydrogen) atoms. The Morgan fingerprint density at radius 1 is 1.36 bits per heavy atom. The quantitative estimate of drug-likeness (QED) is 0.606. The first-order valence-corrected chi connectivity index (χ1v) is 8.68. The Kier molecular flexibility index (Phi) is 7.49. The summed E-state index contributed by atoms with van der Waals surface area (Å²) in [6.45, 7) is 1.66. The lowest BCUT2D eigenvalue weighted by Gasteiger charge is -2.16. The number of carbonyl (C=O) groups excluding carboxylic acids is 2. The summed E-state index contributed by atoms with van der Waals surface area (Å²) in [4.78, 5) is 24.9. The fourth-order valence-corrected chi connectivity index (χ4v) is 2.85. The number of ether oxygens (including phenoxy) is 2. The SMILES string of the molecule is COc1ccc(Cl)cc1NC(=O)C[NH+](C)CC(=O)NC[C@H]1CCCO1. The molecule has 1 saturated heterocycles. The number of halogens is 1. The van der Waals surface area contributed by atoms with Crippen molar-refractivity contribution in [1.82, 2.24) is 5.32 Å². The molecular weight excluding hydrogens is 346 g/mol. The van der Waals surface area contributed by atoms with E-state index in [1.165, 1.54) is 7.11 Å². The Morgan fingerprint density at radius 2 is 2.12 bits per heavy atom. The van der Waals surface area contributed by atoms with Crippen LogP contribution in [0.4, 0.5) is 5.69 Å². The van der Waals surface area contributed by atoms with Gasteiger partial charge >= 0.3 is 0 Å². The Morgan fingerprint density at radius 3 is 2.80 bits per heavy atom. The number of hydrogen-bond acceptors (Lipinski definition) is 4. The maximum Gasteiger partial charge on any atom is 0.279 e. The van der Waals surface area contributed by atoms with Gasteiger partial charge in [-0.15, -0.1) is 0 Å². The zero-order chi connectivity index (χ0) is 18.2. The van der Waals surface area contributed by atoms with Crippen LogP contribution in [-0.4, -0.2) is 58.3 Å². The summed E-state index contributed by atoms with van der Waals surface area (Å²) in [5.41, 5.74) is 0.510. The Labute approximate surface area is 152 Å². The van der Waals surface area contributed by atoms with Crippen LogP contribution in [0.1, 0.15) is 12.8 Å². The first-order valence-electron chi connectivity index (χ1n) is 8.31. The normalized spacial score (nSPS) is 17.8. The average molecular weight is 371 g/mol. The third-order valence-corrected chi connectivity index (χ3v) is 4.15. The molecule has 1 aromatic carbocycles. The largest absolute Gasteiger partial charge is 0.495 e. The summed E-state index contributed by atoms with van der Waals surface area (Å²) in [5, 5.41) is 6.12. The van der Waals surface area contributed by atoms with Crippen LogP contribution in [-0.2, 0) is 14.3 Å². The van der Waals surface area contributed by atoms with Gasteiger partial charge in [-0.3, -0.25) is 9.59 Å². The number of methoxy groups -OCH3 is 1. The van der Waals surface area contributed by atoms with Gasteiger partial charge in [0.15, 0.2) is 13.1 Å². The molecule has 7 nitrogen and oxygen atoms in total. The van der Waals surface area contributed by atoms with Gasteiger partial charge in [-0.2, -0.15) is 0 Å². The van der Waals surface area contributed by atoms with Crippen molar-refractivity contribution in [2.75, 3.05) is 45.7 Å². The first kappa shape index (κ1) is 19.5. The molecule has 0 saturated carbocycles. The van der Waals surface area contributed by atoms with Gasteiger partial charge in [0.25, 0.3) is 11.8 Å². The second kappa shape index (κ2) is 9.60. The third-order valence-electron chi connectivity index (χ3n) is 3.91. The number of carbonyl (C=O) groups is 2. The second-order valence-electron chi connectivity index (χ2n) is 6.14. The van der Waals surface area contributed by atoms with Crippen LogP contribution in [0, 0.1) is 0 Å². The highest BCUT2D eigenvalue weighted by molar-refractivity contribution is 6.31. The van der Waals surface area contributed by atoms with Crippen molar-refractivity contribution in [3.05, 3.63) is 23.2 Å². The maximum atomic E-state index is 12.2. The van der Waals surface area contributed by atoms with Crippen LogP contribution in [0.15, 0.2) is 18.2 Å². The van der Waals surface area contributed by atoms with Crippen molar-refractivity contribution in [3.63, 3.8) is 0 Å². The molecule has 0 aliphatic carbocycles. The van der Waals surface area contributed by atoms with Crippen LogP contribution >= 0.6 is 11.6 Å². The monoisotopic (exact) mass is 370 g/mol. The van der Waals surface area contributed by atoms with E-state index < -0.39 is 0 Å². The smallest absolute Gasteiger partial charge is 0.279 e. The first-order chi connectivity index (χ1) is 12.0. The van der Waals surface area contributed by atoms with Crippen molar-refractivity contribution in [1.29, 1.82) is 0 Å². The number of benzene rings is 1. The zero-order valence-electron chi connectivity index (χ0n) is 14.6. The minimum atomic E-state index is -0.218. The van der Waals surface area contributed by atoms with Crippen molar-refractivity contribution in [3.8, 4) is 5.75 Å². The van der Waals surface area contributed by atoms with E-state index in [4.69, 9.17) is 21.1 Å². The van der Waals surface area contributed by atoms with E-state index in [0.29, 0.717) is 23.0 Å². The Hall–Kier alpha value is -1.83. The molecule has 1 aliphatic heterocycles. The highest BCUT2D eigenvalue weighted by atomic mass is 35.5. The summed E-state index contributed by atoms with van der Waals surface area (Å²) >= 11 is 5.95. The van der Waals surface area contributed by atoms with Crippen molar-refractivity contribution in [2.24, 2.45) is 0 Å². The fraction of sp³-hybridized carbons (Fsp3) is 0.529. The molecular formula is C17H25ClN3O4+. The van der Waals surface area contributed by atoms with Crippen molar-refractivity contribution >= 4 is 29.1 Å². The summed E-state index contributed by atoms with van der Waals surface area (Å²) in [6, 6.07) is 5.00. The molecule has 0 bridgehead atoms. The minimum absolute atomic E-state index is 0.0962. The van der Waals surface area contributed by atoms with Crippen LogP contribution < -0.4 is 20.3 Å². The fourth-order valence-electron chi connectivity index (χ4n) is 2.68. The summed E-state index contributed by atoms with van der Waals surface area (Å²) in [6.07, 6.45) is 2.13. The lowest BCUT2D eigenvalue weighted by Crippen LogP contribution is -3.11. The van der Waals surface area contributed by atoms with Gasteiger partial charge in [0.1, 0.15) is 5.75 Å². The van der Waals surface area contributed by atoms with Gasteiger partial charge in [0.05, 0.1) is 25.9 Å². The summed E-state index contributed by atoms with van der Waals surface area (Å²) in [7, 11) is 3.31. The van der Waals surface area contributed by atoms with E-state index in [1.807, 2.05) is 0 Å². The zero-order valence-corrected chi connectivity index (χ0v) is 15.3. The number of likely N-dealkylation sites (N-methyl/N-ethyl adjacent to an activating group) is 1. The summed E-state index contributed by atoms with van der Waals surface area (Å²) in [5.74, 6) is 0.218. The number of amides is 2. The van der Waals surface area contributed by atoms with E-state index in [9.17, 15) is 9.59 Å². The van der Waals surface area contributed by atoms with E-state index in [2.05, 4.69) is 10.6 Å². The topological polar surface area (TPSA) is 81.1 Å². The molecule has 1 aliphatic rings. The molecule has 2 amide bonds. The van der Waals surface area contributed by atoms with Crippen LogP contribution in [0.5, 0.6) is 5.75 Å². The molecule has 0 radical (unpaired) electrons. The number of rotatable bonds is 8. The molecule has 1 unspecified atom stereocenters. The molecule has 1 aromatic rings. The Balaban J connectivity index is 1.75. The lowest BCUT2D eigenvalue weighted by atomic mass is 10.2. The van der Waals surface area contributed by atoms with Gasteiger partial charge < -0.3 is 25.0 Å². The van der Waals surface area contributed by atoms with E-state index in [1.54, 1.807) is 25.2 Å². The maximum absolute atomic E-state index is 12.2. The van der Waals surface area contributed by atoms with E-state index >= 15 is 0 Å². The van der Waals surface area contributed by atoms with Crippen molar-refractivity contribution < 1.29 is 24.0 Å². The van der Waals surface area contributed by atoms with Crippen molar-refractivity contribution in [2.45, 2.75) is 18.9 Å². The van der Waals surface area contributed by atoms with Gasteiger partial charge in [-0.25, -0.2) is 0 Å². The standard InChI is InChI=1S/C17H24ClN3O4/c1-21(10-16(22)19-9-13-4-3-7-25-13)11-17(23)20-14-8-12(18)5-6-15(14)24-2/h5-6,8,13H,3-4,7,9-11H2,1-2H3,(H,19,22)(H,20,23)/p+1/t13-/m1/s1. The van der Waals surface area contributed by atoms with E-state index in [0.717, 1.165) is 24.3 Å². The molecule has 1 fully saturated rings. The predicted octanol–water partition coefficient (Wildman–Crippen LogP) is 0.0970. The number of nitrogens with one attached hydrogen (secondary N) is 3. The van der Waals surface area contributed by atoms with Gasteiger partial charge in [-0.1, -0.05) is 11.6 Å². The van der Waals surface area contributed by atoms with E-state index in [-0.39, 0.29) is 31.0 Å². The van der Waals surface area contributed by atoms with Crippen LogP contribution in [0.25, 0.3) is 0 Å². The molecule has 0 spiro atoms. The summed E-state index contributed by atoms with van der Waals surface area (Å²) < 4.78 is 10.7. The number of anilines is 1.